The molecule has 2 amide bonds. The Morgan fingerprint density at radius 2 is 1.91 bits per heavy atom. The Morgan fingerprint density at radius 3 is 2.47 bits per heavy atom. The summed E-state index contributed by atoms with van der Waals surface area (Å²) in [4.78, 5) is 33.4. The van der Waals surface area contributed by atoms with Gasteiger partial charge in [-0.1, -0.05) is 11.6 Å². The number of benzene rings is 1. The number of rotatable bonds is 10. The van der Waals surface area contributed by atoms with Gasteiger partial charge in [0.1, 0.15) is 16.7 Å². The topological polar surface area (TPSA) is 142 Å². The molecule has 1 aromatic heterocycles. The smallest absolute Gasteiger partial charge is 0.422 e. The Kier molecular flexibility index (Phi) is 9.68. The van der Waals surface area contributed by atoms with Gasteiger partial charge in [-0.15, -0.1) is 0 Å². The van der Waals surface area contributed by atoms with Crippen LogP contribution in [0.5, 0.6) is 5.75 Å². The zero-order valence-electron chi connectivity index (χ0n) is 24.1. The molecule has 0 bridgehead atoms. The standard InChI is InChI=1S/C28H26BrClF5N5O6S/c29-16-1-4-21(37-9-16)27(13-39(14-27)11-22(31)32)24(41)40-10-18(8-23(40)46-25(42)38-26(12-36)5-6-26)47(43,44)20-3-2-17(7-19(20)30)45-15-28(33,34)35/h1-4,7,9,18,22-23H,5-6,8,10-11,13-15H2,(H,38,42)/t18-,23+/m1/s1. The number of carbonyl (C=O) groups excluding carboxylic acids is 2. The van der Waals surface area contributed by atoms with Crippen LogP contribution in [0.15, 0.2) is 45.9 Å². The van der Waals surface area contributed by atoms with E-state index in [1.165, 1.54) is 17.2 Å². The lowest BCUT2D eigenvalue weighted by molar-refractivity contribution is -0.154. The third-order valence-corrected chi connectivity index (χ3v) is 11.2. The Bertz CT molecular complexity index is 1680. The van der Waals surface area contributed by atoms with Gasteiger partial charge in [0, 0.05) is 42.8 Å². The van der Waals surface area contributed by atoms with Crippen LogP contribution >= 0.6 is 27.5 Å². The molecule has 0 radical (unpaired) electrons. The highest BCUT2D eigenvalue weighted by Gasteiger charge is 2.57. The Labute approximate surface area is 279 Å². The van der Waals surface area contributed by atoms with Crippen molar-refractivity contribution in [3.63, 3.8) is 0 Å². The number of aromatic nitrogens is 1. The molecule has 1 N–H and O–H groups in total. The molecular weight excluding hydrogens is 745 g/mol. The summed E-state index contributed by atoms with van der Waals surface area (Å²) in [7, 11) is -4.42. The molecule has 0 spiro atoms. The second kappa shape index (κ2) is 13.0. The van der Waals surface area contributed by atoms with E-state index in [0.717, 1.165) is 23.1 Å². The van der Waals surface area contributed by atoms with Crippen molar-refractivity contribution >= 4 is 49.4 Å². The highest BCUT2D eigenvalue weighted by Crippen LogP contribution is 2.41. The molecule has 3 heterocycles. The molecule has 2 aliphatic heterocycles. The van der Waals surface area contributed by atoms with E-state index in [4.69, 9.17) is 16.3 Å². The summed E-state index contributed by atoms with van der Waals surface area (Å²) >= 11 is 9.45. The van der Waals surface area contributed by atoms with Crippen LogP contribution in [0.25, 0.3) is 0 Å². The van der Waals surface area contributed by atoms with Crippen molar-refractivity contribution in [2.24, 2.45) is 0 Å². The van der Waals surface area contributed by atoms with E-state index in [1.54, 1.807) is 6.07 Å². The molecular formula is C28H26BrClF5N5O6S. The molecule has 19 heteroatoms. The predicted molar refractivity (Wildman–Crippen MR) is 157 cm³/mol. The van der Waals surface area contributed by atoms with Crippen LogP contribution in [-0.2, 0) is 24.8 Å². The maximum Gasteiger partial charge on any atom is 0.422 e. The fraction of sp³-hybridized carbons (Fsp3) is 0.500. The van der Waals surface area contributed by atoms with Gasteiger partial charge in [-0.25, -0.2) is 22.0 Å². The number of carbonyl (C=O) groups is 2. The average Bonchev–Trinajstić information content (AvgIpc) is 3.61. The number of sulfone groups is 1. The molecule has 3 fully saturated rings. The van der Waals surface area contributed by atoms with Gasteiger partial charge in [-0.2, -0.15) is 18.4 Å². The largest absolute Gasteiger partial charge is 0.484 e. The zero-order valence-corrected chi connectivity index (χ0v) is 27.3. The van der Waals surface area contributed by atoms with Crippen molar-refractivity contribution < 1.29 is 49.4 Å². The Hall–Kier alpha value is -3.27. The molecule has 1 saturated carbocycles. The number of hydrogen-bond donors (Lipinski definition) is 1. The van der Waals surface area contributed by atoms with Crippen LogP contribution in [0.4, 0.5) is 26.7 Å². The van der Waals surface area contributed by atoms with E-state index >= 15 is 0 Å². The van der Waals surface area contributed by atoms with Crippen molar-refractivity contribution in [2.45, 2.75) is 59.2 Å². The van der Waals surface area contributed by atoms with Crippen molar-refractivity contribution in [2.75, 3.05) is 32.8 Å². The number of ether oxygens (including phenoxy) is 2. The number of alkyl carbamates (subject to hydrolysis) is 1. The number of nitrogens with one attached hydrogen (secondary N) is 1. The van der Waals surface area contributed by atoms with Gasteiger partial charge in [0.2, 0.25) is 5.91 Å². The molecule has 1 aromatic carbocycles. The molecule has 254 valence electrons. The van der Waals surface area contributed by atoms with Gasteiger partial charge in [0.15, 0.2) is 22.7 Å². The van der Waals surface area contributed by atoms with Crippen LogP contribution in [0.1, 0.15) is 25.0 Å². The van der Waals surface area contributed by atoms with Crippen molar-refractivity contribution in [1.82, 2.24) is 20.1 Å². The first-order valence-corrected chi connectivity index (χ1v) is 16.8. The van der Waals surface area contributed by atoms with E-state index in [0.29, 0.717) is 17.3 Å². The quantitative estimate of drug-likeness (QED) is 0.347. The van der Waals surface area contributed by atoms with Gasteiger partial charge < -0.3 is 19.7 Å². The van der Waals surface area contributed by atoms with E-state index in [2.05, 4.69) is 31.0 Å². The van der Waals surface area contributed by atoms with Gasteiger partial charge in [0.05, 0.1) is 33.5 Å². The summed E-state index contributed by atoms with van der Waals surface area (Å²) in [5.74, 6) is -1.06. The number of likely N-dealkylation sites (tertiary alicyclic amines) is 2. The predicted octanol–water partition coefficient (Wildman–Crippen LogP) is 4.44. The van der Waals surface area contributed by atoms with Crippen LogP contribution in [0, 0.1) is 11.3 Å². The molecule has 1 aliphatic carbocycles. The van der Waals surface area contributed by atoms with Gasteiger partial charge in [-0.3, -0.25) is 14.7 Å². The minimum Gasteiger partial charge on any atom is -0.484 e. The van der Waals surface area contributed by atoms with E-state index in [1.807, 2.05) is 6.07 Å². The highest BCUT2D eigenvalue weighted by atomic mass is 79.9. The molecule has 3 aliphatic rings. The number of amides is 2. The number of alkyl halides is 5. The molecule has 2 aromatic rings. The third kappa shape index (κ3) is 7.58. The number of halogens is 7. The number of hydrogen-bond acceptors (Lipinski definition) is 9. The summed E-state index contributed by atoms with van der Waals surface area (Å²) in [6, 6.07) is 7.98. The lowest BCUT2D eigenvalue weighted by Gasteiger charge is -2.50. The maximum atomic E-state index is 14.4. The van der Waals surface area contributed by atoms with Gasteiger partial charge in [0.25, 0.3) is 6.43 Å². The second-order valence-electron chi connectivity index (χ2n) is 11.5. The highest BCUT2D eigenvalue weighted by molar-refractivity contribution is 9.10. The second-order valence-corrected chi connectivity index (χ2v) is 15.1. The zero-order chi connectivity index (χ0) is 34.4. The minimum atomic E-state index is -4.65. The summed E-state index contributed by atoms with van der Waals surface area (Å²) in [6.45, 7) is -3.13. The van der Waals surface area contributed by atoms with Crippen LogP contribution in [0.3, 0.4) is 0 Å². The Morgan fingerprint density at radius 1 is 1.21 bits per heavy atom. The molecule has 2 saturated heterocycles. The van der Waals surface area contributed by atoms with Crippen molar-refractivity contribution in [1.29, 1.82) is 5.26 Å². The normalized spacial score (nSPS) is 21.9. The SMILES string of the molecule is N#CC1(NC(=O)O[C@H]2C[C@@H](S(=O)(=O)c3ccc(OCC(F)(F)F)cc3Cl)CN2C(=O)C2(c3ccc(Br)cn3)CN(CC(F)F)C2)CC1. The molecule has 2 atom stereocenters. The van der Waals surface area contributed by atoms with Gasteiger partial charge in [-0.05, 0) is 53.0 Å². The summed E-state index contributed by atoms with van der Waals surface area (Å²) < 4.78 is 103. The lowest BCUT2D eigenvalue weighted by atomic mass is 9.75. The fourth-order valence-electron chi connectivity index (χ4n) is 5.58. The number of nitriles is 1. The first-order chi connectivity index (χ1) is 22.0. The number of nitrogens with zero attached hydrogens (tertiary/aromatic N) is 4. The molecule has 47 heavy (non-hydrogen) atoms. The first kappa shape index (κ1) is 35.0. The van der Waals surface area contributed by atoms with Gasteiger partial charge >= 0.3 is 12.3 Å². The summed E-state index contributed by atoms with van der Waals surface area (Å²) in [6.07, 6.45) is -8.17. The first-order valence-electron chi connectivity index (χ1n) is 14.0. The fourth-order valence-corrected chi connectivity index (χ4v) is 8.03. The van der Waals surface area contributed by atoms with E-state index < -0.39 is 92.9 Å². The maximum absolute atomic E-state index is 14.4. The molecule has 0 unspecified atom stereocenters. The number of pyridine rings is 1. The van der Waals surface area contributed by atoms with Crippen molar-refractivity contribution in [3.05, 3.63) is 51.7 Å². The Balaban J connectivity index is 1.45. The van der Waals surface area contributed by atoms with E-state index in [9.17, 15) is 45.2 Å². The lowest BCUT2D eigenvalue weighted by Crippen LogP contribution is -2.68. The summed E-state index contributed by atoms with van der Waals surface area (Å²) in [5, 5.41) is 9.94. The average molecular weight is 771 g/mol. The van der Waals surface area contributed by atoms with Crippen molar-refractivity contribution in [3.8, 4) is 11.8 Å². The summed E-state index contributed by atoms with van der Waals surface area (Å²) in [5.41, 5.74) is -2.41. The monoisotopic (exact) mass is 769 g/mol. The van der Waals surface area contributed by atoms with Crippen LogP contribution < -0.4 is 10.1 Å². The third-order valence-electron chi connectivity index (χ3n) is 8.08. The van der Waals surface area contributed by atoms with E-state index in [-0.39, 0.29) is 24.5 Å². The van der Waals surface area contributed by atoms with Crippen LogP contribution in [-0.4, -0.2) is 97.6 Å². The molecule has 5 rings (SSSR count). The minimum absolute atomic E-state index is 0.180. The van der Waals surface area contributed by atoms with Crippen LogP contribution in [0.2, 0.25) is 5.02 Å². The molecule has 11 nitrogen and oxygen atoms in total.